The maximum absolute atomic E-state index is 11.3. The number of fused-ring (bicyclic) bond motifs is 1. The average Bonchev–Trinajstić information content (AvgIpc) is 3.41. The number of anilines is 1. The number of ether oxygens (including phenoxy) is 1. The van der Waals surface area contributed by atoms with E-state index in [0.717, 1.165) is 73.3 Å². The molecule has 2 aromatic carbocycles. The zero-order valence-electron chi connectivity index (χ0n) is 22.6. The maximum atomic E-state index is 11.3. The fourth-order valence-electron chi connectivity index (χ4n) is 5.07. The van der Waals surface area contributed by atoms with Gasteiger partial charge in [-0.2, -0.15) is 0 Å². The second-order valence-corrected chi connectivity index (χ2v) is 10.1. The molecule has 0 saturated carbocycles. The van der Waals surface area contributed by atoms with E-state index in [9.17, 15) is 4.79 Å². The van der Waals surface area contributed by atoms with Gasteiger partial charge < -0.3 is 25.7 Å². The maximum Gasteiger partial charge on any atom is 0.216 e. The minimum atomic E-state index is -0.0570. The molecule has 8 nitrogen and oxygen atoms in total. The highest BCUT2D eigenvalue weighted by atomic mass is 16.5. The highest BCUT2D eigenvalue weighted by Crippen LogP contribution is 2.32. The quantitative estimate of drug-likeness (QED) is 0.194. The Bertz CT molecular complexity index is 1340. The predicted octanol–water partition coefficient (Wildman–Crippen LogP) is 5.01. The van der Waals surface area contributed by atoms with Crippen molar-refractivity contribution < 1.29 is 9.53 Å². The zero-order chi connectivity index (χ0) is 26.9. The van der Waals surface area contributed by atoms with Crippen LogP contribution in [0.1, 0.15) is 50.0 Å². The third-order valence-corrected chi connectivity index (χ3v) is 7.10. The molecule has 1 fully saturated rings. The Kier molecular flexibility index (Phi) is 9.19. The van der Waals surface area contributed by atoms with Gasteiger partial charge in [-0.3, -0.25) is 4.79 Å². The van der Waals surface area contributed by atoms with E-state index >= 15 is 0 Å². The van der Waals surface area contributed by atoms with Gasteiger partial charge in [0.15, 0.2) is 5.82 Å². The van der Waals surface area contributed by atoms with Crippen LogP contribution in [0.3, 0.4) is 0 Å². The SMILES string of the molecule is CC(=O)NCCNc1nc(-c2ccccc2)nc2[nH]c(C(CCCc3ccccc3)OC3CCNCC3)cc12. The van der Waals surface area contributed by atoms with Crippen LogP contribution in [-0.4, -0.2) is 53.1 Å². The predicted molar refractivity (Wildman–Crippen MR) is 156 cm³/mol. The average molecular weight is 527 g/mol. The number of carbonyl (C=O) groups excluding carboxylic acids is 1. The van der Waals surface area contributed by atoms with Crippen LogP contribution in [0.15, 0.2) is 66.7 Å². The molecular formula is C31H38N6O2. The molecule has 1 atom stereocenters. The van der Waals surface area contributed by atoms with Crippen molar-refractivity contribution in [1.29, 1.82) is 0 Å². The second kappa shape index (κ2) is 13.4. The van der Waals surface area contributed by atoms with Gasteiger partial charge in [0.2, 0.25) is 5.91 Å². The molecule has 8 heteroatoms. The summed E-state index contributed by atoms with van der Waals surface area (Å²) in [6, 6.07) is 22.8. The first kappa shape index (κ1) is 26.8. The number of aryl methyl sites for hydroxylation is 1. The van der Waals surface area contributed by atoms with E-state index < -0.39 is 0 Å². The van der Waals surface area contributed by atoms with Crippen molar-refractivity contribution in [2.24, 2.45) is 0 Å². The number of amides is 1. The van der Waals surface area contributed by atoms with E-state index in [1.54, 1.807) is 0 Å². The molecule has 1 aliphatic rings. The van der Waals surface area contributed by atoms with Crippen molar-refractivity contribution in [3.05, 3.63) is 78.0 Å². The number of carbonyl (C=O) groups is 1. The lowest BCUT2D eigenvalue weighted by atomic mass is 10.0. The van der Waals surface area contributed by atoms with Crippen LogP contribution in [0.5, 0.6) is 0 Å². The van der Waals surface area contributed by atoms with E-state index in [2.05, 4.69) is 57.3 Å². The van der Waals surface area contributed by atoms with Gasteiger partial charge in [-0.25, -0.2) is 9.97 Å². The number of rotatable bonds is 12. The summed E-state index contributed by atoms with van der Waals surface area (Å²) in [4.78, 5) is 24.7. The molecule has 1 amide bonds. The summed E-state index contributed by atoms with van der Waals surface area (Å²) in [5.74, 6) is 1.35. The number of H-pyrrole nitrogens is 1. The summed E-state index contributed by atoms with van der Waals surface area (Å²) in [5.41, 5.74) is 4.11. The van der Waals surface area contributed by atoms with E-state index in [0.29, 0.717) is 18.9 Å². The van der Waals surface area contributed by atoms with Crippen molar-refractivity contribution in [1.82, 2.24) is 25.6 Å². The second-order valence-electron chi connectivity index (χ2n) is 10.1. The minimum Gasteiger partial charge on any atom is -0.369 e. The minimum absolute atomic E-state index is 0.0491. The normalized spacial score (nSPS) is 14.8. The van der Waals surface area contributed by atoms with Crippen LogP contribution in [-0.2, 0) is 16.0 Å². The first-order valence-electron chi connectivity index (χ1n) is 14.0. The van der Waals surface area contributed by atoms with Crippen molar-refractivity contribution in [3.8, 4) is 11.4 Å². The first-order chi connectivity index (χ1) is 19.2. The summed E-state index contributed by atoms with van der Waals surface area (Å²) in [6.07, 6.45) is 5.17. The molecule has 0 bridgehead atoms. The molecule has 5 rings (SSSR count). The number of nitrogens with one attached hydrogen (secondary N) is 4. The monoisotopic (exact) mass is 526 g/mol. The Hall–Kier alpha value is -3.75. The van der Waals surface area contributed by atoms with Gasteiger partial charge in [-0.15, -0.1) is 0 Å². The lowest BCUT2D eigenvalue weighted by Crippen LogP contribution is -2.33. The van der Waals surface area contributed by atoms with E-state index in [-0.39, 0.29) is 18.1 Å². The number of nitrogens with zero attached hydrogens (tertiary/aromatic N) is 2. The summed E-state index contributed by atoms with van der Waals surface area (Å²) in [5, 5.41) is 10.6. The molecule has 2 aromatic heterocycles. The van der Waals surface area contributed by atoms with E-state index in [4.69, 9.17) is 14.7 Å². The molecule has 4 N–H and O–H groups in total. The molecule has 204 valence electrons. The summed E-state index contributed by atoms with van der Waals surface area (Å²) < 4.78 is 6.74. The smallest absolute Gasteiger partial charge is 0.216 e. The molecule has 1 unspecified atom stereocenters. The van der Waals surface area contributed by atoms with Crippen LogP contribution >= 0.6 is 0 Å². The highest BCUT2D eigenvalue weighted by Gasteiger charge is 2.23. The number of benzene rings is 2. The van der Waals surface area contributed by atoms with Crippen molar-refractivity contribution in [2.75, 3.05) is 31.5 Å². The Balaban J connectivity index is 1.42. The number of aromatic nitrogens is 3. The first-order valence-corrected chi connectivity index (χ1v) is 14.0. The Labute approximate surface area is 230 Å². The van der Waals surface area contributed by atoms with Gasteiger partial charge in [0.05, 0.1) is 17.6 Å². The lowest BCUT2D eigenvalue weighted by molar-refractivity contribution is -0.118. The molecule has 1 saturated heterocycles. The Morgan fingerprint density at radius 3 is 2.51 bits per heavy atom. The standard InChI is InChI=1S/C31H38N6O2/c1-22(38)33-19-20-34-30-26-21-27(35-31(26)37-29(36-30)24-12-6-3-7-13-24)28(39-25-15-17-32-18-16-25)14-8-11-23-9-4-2-5-10-23/h2-7,9-10,12-13,21,25,28,32H,8,11,14-20H2,1H3,(H,33,38)(H2,34,35,36,37). The highest BCUT2D eigenvalue weighted by molar-refractivity contribution is 5.89. The van der Waals surface area contributed by atoms with Gasteiger partial charge in [0, 0.05) is 31.3 Å². The molecule has 0 spiro atoms. The van der Waals surface area contributed by atoms with Crippen LogP contribution < -0.4 is 16.0 Å². The lowest BCUT2D eigenvalue weighted by Gasteiger charge is -2.28. The fourth-order valence-corrected chi connectivity index (χ4v) is 5.07. The number of hydrogen-bond donors (Lipinski definition) is 4. The van der Waals surface area contributed by atoms with E-state index in [1.807, 2.05) is 30.3 Å². The third kappa shape index (κ3) is 7.43. The zero-order valence-corrected chi connectivity index (χ0v) is 22.6. The van der Waals surface area contributed by atoms with Crippen LogP contribution in [0.25, 0.3) is 22.4 Å². The van der Waals surface area contributed by atoms with Crippen LogP contribution in [0.2, 0.25) is 0 Å². The molecule has 3 heterocycles. The van der Waals surface area contributed by atoms with Crippen molar-refractivity contribution >= 4 is 22.8 Å². The van der Waals surface area contributed by atoms with E-state index in [1.165, 1.54) is 12.5 Å². The number of piperidine rings is 1. The van der Waals surface area contributed by atoms with Crippen molar-refractivity contribution in [2.45, 2.75) is 51.2 Å². The molecular weight excluding hydrogens is 488 g/mol. The van der Waals surface area contributed by atoms with Crippen LogP contribution in [0, 0.1) is 0 Å². The molecule has 0 aliphatic carbocycles. The largest absolute Gasteiger partial charge is 0.369 e. The third-order valence-electron chi connectivity index (χ3n) is 7.10. The molecule has 4 aromatic rings. The fraction of sp³-hybridized carbons (Fsp3) is 0.387. The van der Waals surface area contributed by atoms with Gasteiger partial charge in [0.1, 0.15) is 11.5 Å². The molecule has 1 aliphatic heterocycles. The molecule has 39 heavy (non-hydrogen) atoms. The Morgan fingerprint density at radius 1 is 1.03 bits per heavy atom. The van der Waals surface area contributed by atoms with Gasteiger partial charge in [0.25, 0.3) is 0 Å². The Morgan fingerprint density at radius 2 is 1.77 bits per heavy atom. The van der Waals surface area contributed by atoms with Gasteiger partial charge in [-0.1, -0.05) is 60.7 Å². The van der Waals surface area contributed by atoms with Gasteiger partial charge >= 0.3 is 0 Å². The summed E-state index contributed by atoms with van der Waals surface area (Å²) >= 11 is 0. The van der Waals surface area contributed by atoms with Gasteiger partial charge in [-0.05, 0) is 56.8 Å². The topological polar surface area (TPSA) is 104 Å². The summed E-state index contributed by atoms with van der Waals surface area (Å²) in [6.45, 7) is 4.58. The molecule has 0 radical (unpaired) electrons. The van der Waals surface area contributed by atoms with Crippen LogP contribution in [0.4, 0.5) is 5.82 Å². The number of aromatic amines is 1. The number of hydrogen-bond acceptors (Lipinski definition) is 6. The van der Waals surface area contributed by atoms with Crippen molar-refractivity contribution in [3.63, 3.8) is 0 Å². The summed E-state index contributed by atoms with van der Waals surface area (Å²) in [7, 11) is 0.